The summed E-state index contributed by atoms with van der Waals surface area (Å²) in [6.07, 6.45) is 20.2. The van der Waals surface area contributed by atoms with Crippen LogP contribution in [0.3, 0.4) is 0 Å². The van der Waals surface area contributed by atoms with Gasteiger partial charge in [0.25, 0.3) is 0 Å². The number of carboxylic acid groups (broad SMARTS) is 2. The van der Waals surface area contributed by atoms with E-state index in [2.05, 4.69) is 11.7 Å². The van der Waals surface area contributed by atoms with E-state index in [1.165, 1.54) is 103 Å². The van der Waals surface area contributed by atoms with Crippen molar-refractivity contribution in [3.8, 4) is 0 Å². The number of methoxy groups -OCH3 is 1. The summed E-state index contributed by atoms with van der Waals surface area (Å²) in [7, 11) is 1.21. The van der Waals surface area contributed by atoms with Crippen molar-refractivity contribution in [3.63, 3.8) is 0 Å². The molecular formula is C27H44Ag2O6. The SMILES string of the molecule is CCCCCCCCCCCCCCCCCC(=O)O.COC(=O)c1ccccc1C(=O)O.[Ag].[Ag]. The van der Waals surface area contributed by atoms with Crippen molar-refractivity contribution in [2.24, 2.45) is 0 Å². The van der Waals surface area contributed by atoms with Crippen LogP contribution in [0.2, 0.25) is 0 Å². The molecule has 1 aromatic carbocycles. The standard InChI is InChI=1S/C18H36O2.C9H8O4.2Ag/c1-2-3-4-5-6-7-8-9-10-11-12-13-14-15-16-17-18(19)20;1-13-9(12)7-5-3-2-4-6(7)8(10)11;;/h2-17H2,1H3,(H,19,20);2-5H,1H3,(H,10,11);;. The molecule has 0 aliphatic heterocycles. The van der Waals surface area contributed by atoms with E-state index < -0.39 is 17.9 Å². The van der Waals surface area contributed by atoms with E-state index in [4.69, 9.17) is 10.2 Å². The van der Waals surface area contributed by atoms with Gasteiger partial charge in [0.1, 0.15) is 0 Å². The number of carboxylic acids is 2. The summed E-state index contributed by atoms with van der Waals surface area (Å²) < 4.78 is 4.42. The van der Waals surface area contributed by atoms with E-state index in [1.54, 1.807) is 12.1 Å². The van der Waals surface area contributed by atoms with E-state index >= 15 is 0 Å². The van der Waals surface area contributed by atoms with Crippen molar-refractivity contribution in [3.05, 3.63) is 35.4 Å². The molecule has 8 heteroatoms. The molecule has 0 aromatic heterocycles. The number of hydrogen-bond donors (Lipinski definition) is 2. The monoisotopic (exact) mass is 678 g/mol. The first-order chi connectivity index (χ1) is 15.9. The predicted octanol–water partition coefficient (Wildman–Crippen LogP) is 7.50. The molecule has 2 radical (unpaired) electrons. The fraction of sp³-hybridized carbons (Fsp3) is 0.667. The van der Waals surface area contributed by atoms with Gasteiger partial charge in [-0.3, -0.25) is 4.79 Å². The van der Waals surface area contributed by atoms with E-state index in [1.807, 2.05) is 0 Å². The van der Waals surface area contributed by atoms with Crippen molar-refractivity contribution in [2.45, 2.75) is 110 Å². The first-order valence-electron chi connectivity index (χ1n) is 12.6. The van der Waals surface area contributed by atoms with E-state index in [-0.39, 0.29) is 55.9 Å². The van der Waals surface area contributed by atoms with Crippen LogP contribution >= 0.6 is 0 Å². The van der Waals surface area contributed by atoms with E-state index in [0.29, 0.717) is 6.42 Å². The Bertz CT molecular complexity index is 667. The Morgan fingerprint density at radius 3 is 1.37 bits per heavy atom. The molecule has 0 spiro atoms. The van der Waals surface area contributed by atoms with Gasteiger partial charge in [-0.2, -0.15) is 0 Å². The third kappa shape index (κ3) is 23.3. The zero-order valence-electron chi connectivity index (χ0n) is 21.3. The molecule has 0 atom stereocenters. The first kappa shape index (κ1) is 38.6. The third-order valence-electron chi connectivity index (χ3n) is 5.56. The van der Waals surface area contributed by atoms with Crippen molar-refractivity contribution in [1.29, 1.82) is 0 Å². The summed E-state index contributed by atoms with van der Waals surface area (Å²) in [6.45, 7) is 2.27. The van der Waals surface area contributed by atoms with Crippen LogP contribution in [0.25, 0.3) is 0 Å². The molecule has 2 N–H and O–H groups in total. The number of benzene rings is 1. The van der Waals surface area contributed by atoms with Gasteiger partial charge in [-0.05, 0) is 18.6 Å². The second-order valence-corrected chi connectivity index (χ2v) is 8.44. The van der Waals surface area contributed by atoms with Gasteiger partial charge < -0.3 is 14.9 Å². The molecule has 0 heterocycles. The van der Waals surface area contributed by atoms with Gasteiger partial charge in [0.05, 0.1) is 18.2 Å². The van der Waals surface area contributed by atoms with Crippen molar-refractivity contribution in [1.82, 2.24) is 0 Å². The summed E-state index contributed by atoms with van der Waals surface area (Å²) in [4.78, 5) is 32.0. The Labute approximate surface area is 243 Å². The molecule has 0 aliphatic carbocycles. The third-order valence-corrected chi connectivity index (χ3v) is 5.56. The normalized spacial score (nSPS) is 9.66. The van der Waals surface area contributed by atoms with Crippen LogP contribution in [0, 0.1) is 0 Å². The molecule has 0 amide bonds. The van der Waals surface area contributed by atoms with Crippen LogP contribution in [0.4, 0.5) is 0 Å². The summed E-state index contributed by atoms with van der Waals surface area (Å²) in [6, 6.07) is 5.90. The number of esters is 1. The summed E-state index contributed by atoms with van der Waals surface area (Å²) in [5.74, 6) is -2.43. The summed E-state index contributed by atoms with van der Waals surface area (Å²) >= 11 is 0. The minimum absolute atomic E-state index is 0. The Balaban J connectivity index is -0.000000594. The van der Waals surface area contributed by atoms with Gasteiger partial charge in [0.2, 0.25) is 0 Å². The van der Waals surface area contributed by atoms with Crippen molar-refractivity contribution < 1.29 is 74.1 Å². The zero-order valence-corrected chi connectivity index (χ0v) is 24.2. The number of carbonyl (C=O) groups is 3. The maximum absolute atomic E-state index is 11.1. The molecule has 0 bridgehead atoms. The van der Waals surface area contributed by atoms with Crippen LogP contribution in [0.5, 0.6) is 0 Å². The van der Waals surface area contributed by atoms with Gasteiger partial charge >= 0.3 is 17.9 Å². The molecule has 6 nitrogen and oxygen atoms in total. The molecule has 0 aliphatic rings. The number of ether oxygens (including phenoxy) is 1. The van der Waals surface area contributed by atoms with E-state index in [9.17, 15) is 14.4 Å². The van der Waals surface area contributed by atoms with Crippen LogP contribution in [-0.2, 0) is 54.3 Å². The number of hydrogen-bond acceptors (Lipinski definition) is 4. The molecule has 210 valence electrons. The average Bonchev–Trinajstić information content (AvgIpc) is 2.81. The fourth-order valence-electron chi connectivity index (χ4n) is 3.61. The second-order valence-electron chi connectivity index (χ2n) is 8.44. The van der Waals surface area contributed by atoms with Crippen LogP contribution in [0.1, 0.15) is 130 Å². The Kier molecular flexibility index (Phi) is 30.6. The number of aliphatic carboxylic acids is 1. The molecule has 0 fully saturated rings. The number of unbranched alkanes of at least 4 members (excludes halogenated alkanes) is 14. The molecule has 1 aromatic rings. The molecular weight excluding hydrogens is 636 g/mol. The zero-order chi connectivity index (χ0) is 24.7. The molecule has 35 heavy (non-hydrogen) atoms. The minimum atomic E-state index is -1.14. The fourth-order valence-corrected chi connectivity index (χ4v) is 3.61. The van der Waals surface area contributed by atoms with Gasteiger partial charge in [0.15, 0.2) is 0 Å². The Morgan fingerprint density at radius 2 is 1.03 bits per heavy atom. The maximum atomic E-state index is 11.1. The van der Waals surface area contributed by atoms with Crippen LogP contribution < -0.4 is 0 Å². The Hall–Kier alpha value is -0.889. The molecule has 1 rings (SSSR count). The van der Waals surface area contributed by atoms with Gasteiger partial charge in [-0.15, -0.1) is 0 Å². The topological polar surface area (TPSA) is 101 Å². The molecule has 0 saturated heterocycles. The van der Waals surface area contributed by atoms with Gasteiger partial charge in [0, 0.05) is 51.2 Å². The summed E-state index contributed by atoms with van der Waals surface area (Å²) in [5, 5.41) is 17.2. The molecule has 0 unspecified atom stereocenters. The first-order valence-corrected chi connectivity index (χ1v) is 12.6. The van der Waals surface area contributed by atoms with Gasteiger partial charge in [-0.1, -0.05) is 109 Å². The Morgan fingerprint density at radius 1 is 0.657 bits per heavy atom. The van der Waals surface area contributed by atoms with Crippen LogP contribution in [0.15, 0.2) is 24.3 Å². The van der Waals surface area contributed by atoms with Crippen molar-refractivity contribution in [2.75, 3.05) is 7.11 Å². The van der Waals surface area contributed by atoms with E-state index in [0.717, 1.165) is 12.8 Å². The molecule has 0 saturated carbocycles. The quantitative estimate of drug-likeness (QED) is 0.0947. The van der Waals surface area contributed by atoms with Crippen molar-refractivity contribution >= 4 is 17.9 Å². The van der Waals surface area contributed by atoms with Gasteiger partial charge in [-0.25, -0.2) is 9.59 Å². The minimum Gasteiger partial charge on any atom is -0.481 e. The second kappa shape index (κ2) is 27.7. The number of aromatic carboxylic acids is 1. The van der Waals surface area contributed by atoms with Crippen LogP contribution in [-0.4, -0.2) is 35.2 Å². The average molecular weight is 680 g/mol. The largest absolute Gasteiger partial charge is 0.481 e. The maximum Gasteiger partial charge on any atom is 0.338 e. The smallest absolute Gasteiger partial charge is 0.338 e. The predicted molar refractivity (Wildman–Crippen MR) is 132 cm³/mol. The number of carbonyl (C=O) groups excluding carboxylic acids is 1. The summed E-state index contributed by atoms with van der Waals surface area (Å²) in [5.41, 5.74) is 0.0202. The number of rotatable bonds is 18.